The van der Waals surface area contributed by atoms with Crippen LogP contribution in [0, 0.1) is 0 Å². The Bertz CT molecular complexity index is 555. The number of carbonyl (C=O) groups excluding carboxylic acids is 1. The van der Waals surface area contributed by atoms with Crippen molar-refractivity contribution in [3.8, 4) is 0 Å². The second-order valence-corrected chi connectivity index (χ2v) is 5.07. The highest BCUT2D eigenvalue weighted by Crippen LogP contribution is 2.15. The summed E-state index contributed by atoms with van der Waals surface area (Å²) in [4.78, 5) is 18.8. The molecule has 0 fully saturated rings. The van der Waals surface area contributed by atoms with E-state index in [-0.39, 0.29) is 0 Å². The lowest BCUT2D eigenvalue weighted by Crippen LogP contribution is -2.32. The molecule has 0 saturated carbocycles. The molecule has 0 aliphatic heterocycles. The highest BCUT2D eigenvalue weighted by Gasteiger charge is 2.15. The van der Waals surface area contributed by atoms with Crippen molar-refractivity contribution < 1.29 is 9.53 Å². The third-order valence-corrected chi connectivity index (χ3v) is 2.37. The maximum absolute atomic E-state index is 11.5. The lowest BCUT2D eigenvalue weighted by Gasteiger charge is -2.19. The first-order valence-corrected chi connectivity index (χ1v) is 5.83. The van der Waals surface area contributed by atoms with Gasteiger partial charge in [-0.3, -0.25) is 0 Å². The van der Waals surface area contributed by atoms with E-state index in [4.69, 9.17) is 4.74 Å². The number of pyridine rings is 1. The SMILES string of the molecule is CC(C)(C)OC(=O)NCc1ccnc2[nH]ccc12. The Hall–Kier alpha value is -2.04. The van der Waals surface area contributed by atoms with Gasteiger partial charge >= 0.3 is 6.09 Å². The van der Waals surface area contributed by atoms with E-state index in [0.717, 1.165) is 16.6 Å². The first-order valence-electron chi connectivity index (χ1n) is 5.83. The quantitative estimate of drug-likeness (QED) is 0.857. The summed E-state index contributed by atoms with van der Waals surface area (Å²) in [6, 6.07) is 3.82. The third kappa shape index (κ3) is 3.00. The molecule has 96 valence electrons. The zero-order valence-corrected chi connectivity index (χ0v) is 10.8. The van der Waals surface area contributed by atoms with E-state index in [1.807, 2.05) is 39.1 Å². The van der Waals surface area contributed by atoms with Crippen LogP contribution in [0.2, 0.25) is 0 Å². The summed E-state index contributed by atoms with van der Waals surface area (Å²) in [5, 5.41) is 3.74. The highest BCUT2D eigenvalue weighted by atomic mass is 16.6. The number of nitrogens with zero attached hydrogens (tertiary/aromatic N) is 1. The van der Waals surface area contributed by atoms with Gasteiger partial charge in [0.2, 0.25) is 0 Å². The van der Waals surface area contributed by atoms with Crippen LogP contribution in [0.4, 0.5) is 4.79 Å². The number of hydrogen-bond acceptors (Lipinski definition) is 3. The second-order valence-electron chi connectivity index (χ2n) is 5.07. The lowest BCUT2D eigenvalue weighted by atomic mass is 10.2. The lowest BCUT2D eigenvalue weighted by molar-refractivity contribution is 0.0524. The van der Waals surface area contributed by atoms with Crippen molar-refractivity contribution in [3.63, 3.8) is 0 Å². The monoisotopic (exact) mass is 247 g/mol. The molecule has 0 atom stereocenters. The number of carbonyl (C=O) groups is 1. The Kier molecular flexibility index (Phi) is 3.23. The van der Waals surface area contributed by atoms with Crippen molar-refractivity contribution in [3.05, 3.63) is 30.1 Å². The molecule has 0 unspecified atom stereocenters. The van der Waals surface area contributed by atoms with Crippen LogP contribution in [0.25, 0.3) is 11.0 Å². The summed E-state index contributed by atoms with van der Waals surface area (Å²) in [5.74, 6) is 0. The summed E-state index contributed by atoms with van der Waals surface area (Å²) in [7, 11) is 0. The first-order chi connectivity index (χ1) is 8.46. The van der Waals surface area contributed by atoms with E-state index in [1.165, 1.54) is 0 Å². The number of nitrogens with one attached hydrogen (secondary N) is 2. The van der Waals surface area contributed by atoms with Crippen molar-refractivity contribution in [1.82, 2.24) is 15.3 Å². The number of ether oxygens (including phenoxy) is 1. The first kappa shape index (κ1) is 12.4. The zero-order valence-electron chi connectivity index (χ0n) is 10.8. The van der Waals surface area contributed by atoms with Gasteiger partial charge in [0.25, 0.3) is 0 Å². The van der Waals surface area contributed by atoms with E-state index in [1.54, 1.807) is 6.20 Å². The van der Waals surface area contributed by atoms with Crippen molar-refractivity contribution >= 4 is 17.1 Å². The van der Waals surface area contributed by atoms with E-state index >= 15 is 0 Å². The molecule has 0 bridgehead atoms. The van der Waals surface area contributed by atoms with Crippen molar-refractivity contribution in [2.24, 2.45) is 0 Å². The fourth-order valence-corrected chi connectivity index (χ4v) is 1.65. The summed E-state index contributed by atoms with van der Waals surface area (Å²) >= 11 is 0. The minimum Gasteiger partial charge on any atom is -0.444 e. The number of fused-ring (bicyclic) bond motifs is 1. The predicted octanol–water partition coefficient (Wildman–Crippen LogP) is 2.59. The number of H-pyrrole nitrogens is 1. The molecule has 0 aromatic carbocycles. The van der Waals surface area contributed by atoms with E-state index in [9.17, 15) is 4.79 Å². The van der Waals surface area contributed by atoms with Gasteiger partial charge in [-0.1, -0.05) is 0 Å². The molecule has 0 radical (unpaired) electrons. The highest BCUT2D eigenvalue weighted by molar-refractivity contribution is 5.79. The maximum atomic E-state index is 11.5. The molecule has 5 nitrogen and oxygen atoms in total. The minimum absolute atomic E-state index is 0.414. The molecule has 18 heavy (non-hydrogen) atoms. The van der Waals surface area contributed by atoms with Crippen LogP contribution in [-0.4, -0.2) is 21.7 Å². The van der Waals surface area contributed by atoms with Crippen LogP contribution in [-0.2, 0) is 11.3 Å². The van der Waals surface area contributed by atoms with Gasteiger partial charge in [-0.2, -0.15) is 0 Å². The van der Waals surface area contributed by atoms with E-state index < -0.39 is 11.7 Å². The number of hydrogen-bond donors (Lipinski definition) is 2. The van der Waals surface area contributed by atoms with Crippen LogP contribution >= 0.6 is 0 Å². The Morgan fingerprint density at radius 2 is 2.22 bits per heavy atom. The average Bonchev–Trinajstić information content (AvgIpc) is 2.72. The molecule has 0 aliphatic carbocycles. The molecule has 0 saturated heterocycles. The number of aromatic amines is 1. The number of alkyl carbamates (subject to hydrolysis) is 1. The number of aromatic nitrogens is 2. The van der Waals surface area contributed by atoms with E-state index in [2.05, 4.69) is 15.3 Å². The fourth-order valence-electron chi connectivity index (χ4n) is 1.65. The van der Waals surface area contributed by atoms with Crippen molar-refractivity contribution in [2.75, 3.05) is 0 Å². The largest absolute Gasteiger partial charge is 0.444 e. The normalized spacial score (nSPS) is 11.5. The standard InChI is InChI=1S/C13H17N3O2/c1-13(2,3)18-12(17)16-8-9-4-6-14-11-10(9)5-7-15-11/h4-7H,8H2,1-3H3,(H,14,15)(H,16,17). The van der Waals surface area contributed by atoms with Gasteiger partial charge < -0.3 is 15.0 Å². The second kappa shape index (κ2) is 4.68. The molecular weight excluding hydrogens is 230 g/mol. The molecule has 2 heterocycles. The van der Waals surface area contributed by atoms with Crippen molar-refractivity contribution in [1.29, 1.82) is 0 Å². The Labute approximate surface area is 106 Å². The van der Waals surface area contributed by atoms with Crippen LogP contribution in [0.1, 0.15) is 26.3 Å². The smallest absolute Gasteiger partial charge is 0.407 e. The van der Waals surface area contributed by atoms with Crippen LogP contribution in [0.3, 0.4) is 0 Å². The molecule has 2 rings (SSSR count). The summed E-state index contributed by atoms with van der Waals surface area (Å²) in [5.41, 5.74) is 1.34. The zero-order chi connectivity index (χ0) is 13.2. The molecule has 0 spiro atoms. The summed E-state index contributed by atoms with van der Waals surface area (Å²) < 4.78 is 5.18. The Morgan fingerprint density at radius 3 is 2.94 bits per heavy atom. The van der Waals surface area contributed by atoms with Crippen LogP contribution < -0.4 is 5.32 Å². The van der Waals surface area contributed by atoms with Gasteiger partial charge in [0.15, 0.2) is 0 Å². The van der Waals surface area contributed by atoms with Gasteiger partial charge in [0, 0.05) is 24.3 Å². The van der Waals surface area contributed by atoms with Gasteiger partial charge in [-0.25, -0.2) is 9.78 Å². The number of rotatable bonds is 2. The van der Waals surface area contributed by atoms with Crippen LogP contribution in [0.5, 0.6) is 0 Å². The van der Waals surface area contributed by atoms with Crippen LogP contribution in [0.15, 0.2) is 24.5 Å². The summed E-state index contributed by atoms with van der Waals surface area (Å²) in [6.07, 6.45) is 3.13. The van der Waals surface area contributed by atoms with Gasteiger partial charge in [-0.05, 0) is 38.5 Å². The molecule has 0 aliphatic rings. The molecule has 2 aromatic heterocycles. The molecular formula is C13H17N3O2. The minimum atomic E-state index is -0.480. The van der Waals surface area contributed by atoms with Gasteiger partial charge in [0.05, 0.1) is 0 Å². The molecule has 1 amide bonds. The molecule has 5 heteroatoms. The topological polar surface area (TPSA) is 67.0 Å². The van der Waals surface area contributed by atoms with E-state index in [0.29, 0.717) is 6.54 Å². The summed E-state index contributed by atoms with van der Waals surface area (Å²) in [6.45, 7) is 5.93. The number of amides is 1. The fraction of sp³-hybridized carbons (Fsp3) is 0.385. The maximum Gasteiger partial charge on any atom is 0.407 e. The Morgan fingerprint density at radius 1 is 1.44 bits per heavy atom. The average molecular weight is 247 g/mol. The molecule has 2 N–H and O–H groups in total. The van der Waals surface area contributed by atoms with Gasteiger partial charge in [0.1, 0.15) is 11.2 Å². The Balaban J connectivity index is 2.02. The third-order valence-electron chi connectivity index (χ3n) is 2.37. The predicted molar refractivity (Wildman–Crippen MR) is 69.2 cm³/mol. The van der Waals surface area contributed by atoms with Gasteiger partial charge in [-0.15, -0.1) is 0 Å². The molecule has 2 aromatic rings. The van der Waals surface area contributed by atoms with Crippen molar-refractivity contribution in [2.45, 2.75) is 32.9 Å².